The van der Waals surface area contributed by atoms with Crippen LogP contribution in [0.3, 0.4) is 0 Å². The fraction of sp³-hybridized carbons (Fsp3) is 0.333. The van der Waals surface area contributed by atoms with Crippen LogP contribution in [-0.2, 0) is 11.2 Å². The first kappa shape index (κ1) is 8.49. The zero-order valence-electron chi connectivity index (χ0n) is 5.58. The predicted molar refractivity (Wildman–Crippen MR) is 43.1 cm³/mol. The molecular weight excluding hydrogens is 186 g/mol. The third kappa shape index (κ3) is 2.48. The van der Waals surface area contributed by atoms with Crippen LogP contribution < -0.4 is 0 Å². The van der Waals surface area contributed by atoms with Gasteiger partial charge < -0.3 is 5.11 Å². The first-order valence-electron chi connectivity index (χ1n) is 3.01. The van der Waals surface area contributed by atoms with Crippen LogP contribution in [0.4, 0.5) is 0 Å². The van der Waals surface area contributed by atoms with Gasteiger partial charge in [-0.3, -0.25) is 4.79 Å². The number of hydrogen-bond donors (Lipinski definition) is 1. The van der Waals surface area contributed by atoms with E-state index >= 15 is 0 Å². The molecule has 0 unspecified atom stereocenters. The van der Waals surface area contributed by atoms with Gasteiger partial charge in [-0.2, -0.15) is 4.37 Å². The number of carboxylic acid groups (broad SMARTS) is 1. The van der Waals surface area contributed by atoms with E-state index in [1.54, 1.807) is 0 Å². The Bertz CT molecular complexity index is 261. The summed E-state index contributed by atoms with van der Waals surface area (Å²) < 4.78 is 3.82. The van der Waals surface area contributed by atoms with Gasteiger partial charge in [0, 0.05) is 4.88 Å². The molecule has 1 N–H and O–H groups in total. The van der Waals surface area contributed by atoms with E-state index < -0.39 is 5.97 Å². The van der Waals surface area contributed by atoms with Crippen molar-refractivity contribution in [3.63, 3.8) is 0 Å². The summed E-state index contributed by atoms with van der Waals surface area (Å²) in [5.41, 5.74) is 0. The SMILES string of the molecule is O=C(O)CCc1sncc1Cl. The molecule has 5 heteroatoms. The fourth-order valence-electron chi connectivity index (χ4n) is 0.637. The smallest absolute Gasteiger partial charge is 0.303 e. The molecule has 1 aromatic heterocycles. The fourth-order valence-corrected chi connectivity index (χ4v) is 1.56. The Labute approximate surface area is 72.8 Å². The zero-order chi connectivity index (χ0) is 8.27. The Kier molecular flexibility index (Phi) is 2.84. The molecule has 11 heavy (non-hydrogen) atoms. The molecule has 0 saturated carbocycles. The van der Waals surface area contributed by atoms with Crippen LogP contribution >= 0.6 is 23.1 Å². The minimum absolute atomic E-state index is 0.113. The van der Waals surface area contributed by atoms with E-state index in [4.69, 9.17) is 16.7 Å². The number of aryl methyl sites for hydroxylation is 1. The molecule has 0 radical (unpaired) electrons. The largest absolute Gasteiger partial charge is 0.481 e. The van der Waals surface area contributed by atoms with Crippen molar-refractivity contribution in [1.82, 2.24) is 4.37 Å². The van der Waals surface area contributed by atoms with Crippen molar-refractivity contribution in [2.45, 2.75) is 12.8 Å². The Balaban J connectivity index is 2.51. The lowest BCUT2D eigenvalue weighted by atomic mass is 10.3. The Morgan fingerprint density at radius 1 is 1.82 bits per heavy atom. The van der Waals surface area contributed by atoms with Crippen molar-refractivity contribution in [2.75, 3.05) is 0 Å². The molecule has 1 aromatic rings. The van der Waals surface area contributed by atoms with Crippen molar-refractivity contribution in [3.8, 4) is 0 Å². The predicted octanol–water partition coefficient (Wildman–Crippen LogP) is 1.81. The molecule has 0 spiro atoms. The molecule has 0 atom stereocenters. The van der Waals surface area contributed by atoms with Crippen molar-refractivity contribution in [2.24, 2.45) is 0 Å². The normalized spacial score (nSPS) is 9.91. The summed E-state index contributed by atoms with van der Waals surface area (Å²) in [6.07, 6.45) is 2.12. The lowest BCUT2D eigenvalue weighted by molar-refractivity contribution is -0.136. The van der Waals surface area contributed by atoms with Crippen molar-refractivity contribution >= 4 is 29.1 Å². The second-order valence-electron chi connectivity index (χ2n) is 1.99. The molecule has 0 aliphatic rings. The van der Waals surface area contributed by atoms with E-state index in [9.17, 15) is 4.79 Å². The molecule has 0 fully saturated rings. The van der Waals surface area contributed by atoms with Gasteiger partial charge in [-0.05, 0) is 18.0 Å². The summed E-state index contributed by atoms with van der Waals surface area (Å²) >= 11 is 6.92. The first-order valence-corrected chi connectivity index (χ1v) is 4.16. The molecule has 0 amide bonds. The third-order valence-electron chi connectivity index (χ3n) is 1.16. The second kappa shape index (κ2) is 3.69. The van der Waals surface area contributed by atoms with E-state index in [2.05, 4.69) is 4.37 Å². The van der Waals surface area contributed by atoms with Gasteiger partial charge in [-0.15, -0.1) is 0 Å². The highest BCUT2D eigenvalue weighted by molar-refractivity contribution is 7.06. The zero-order valence-corrected chi connectivity index (χ0v) is 7.15. The highest BCUT2D eigenvalue weighted by atomic mass is 35.5. The maximum Gasteiger partial charge on any atom is 0.303 e. The number of hydrogen-bond acceptors (Lipinski definition) is 3. The monoisotopic (exact) mass is 191 g/mol. The quantitative estimate of drug-likeness (QED) is 0.793. The molecule has 60 valence electrons. The lowest BCUT2D eigenvalue weighted by Crippen LogP contribution is -1.95. The van der Waals surface area contributed by atoms with Crippen LogP contribution in [0.2, 0.25) is 5.02 Å². The summed E-state index contributed by atoms with van der Waals surface area (Å²) in [6.45, 7) is 0. The highest BCUT2D eigenvalue weighted by Gasteiger charge is 2.04. The number of aliphatic carboxylic acids is 1. The average molecular weight is 192 g/mol. The number of aromatic nitrogens is 1. The van der Waals surface area contributed by atoms with Gasteiger partial charge in [0.15, 0.2) is 0 Å². The van der Waals surface area contributed by atoms with E-state index in [-0.39, 0.29) is 6.42 Å². The Hall–Kier alpha value is -0.610. The molecule has 3 nitrogen and oxygen atoms in total. The van der Waals surface area contributed by atoms with Crippen LogP contribution in [0.5, 0.6) is 0 Å². The van der Waals surface area contributed by atoms with Crippen LogP contribution in [-0.4, -0.2) is 15.4 Å². The molecule has 1 rings (SSSR count). The van der Waals surface area contributed by atoms with E-state index in [1.807, 2.05) is 0 Å². The number of carboxylic acids is 1. The molecule has 0 aliphatic heterocycles. The number of halogens is 1. The molecule has 0 saturated heterocycles. The summed E-state index contributed by atoms with van der Waals surface area (Å²) in [5.74, 6) is -0.811. The van der Waals surface area contributed by atoms with Crippen molar-refractivity contribution < 1.29 is 9.90 Å². The molecule has 1 heterocycles. The highest BCUT2D eigenvalue weighted by Crippen LogP contribution is 2.20. The van der Waals surface area contributed by atoms with Crippen molar-refractivity contribution in [1.29, 1.82) is 0 Å². The summed E-state index contributed by atoms with van der Waals surface area (Å²) in [4.78, 5) is 11.0. The van der Waals surface area contributed by atoms with Gasteiger partial charge in [-0.25, -0.2) is 0 Å². The Morgan fingerprint density at radius 2 is 2.55 bits per heavy atom. The molecule has 0 aliphatic carbocycles. The minimum Gasteiger partial charge on any atom is -0.481 e. The van der Waals surface area contributed by atoms with Crippen LogP contribution in [0.15, 0.2) is 6.20 Å². The van der Waals surface area contributed by atoms with Gasteiger partial charge in [0.2, 0.25) is 0 Å². The van der Waals surface area contributed by atoms with Gasteiger partial charge in [0.1, 0.15) is 0 Å². The summed E-state index contributed by atoms with van der Waals surface area (Å²) in [6, 6.07) is 0. The first-order chi connectivity index (χ1) is 5.20. The van der Waals surface area contributed by atoms with Gasteiger partial charge in [0.25, 0.3) is 0 Å². The molecular formula is C6H6ClNO2S. The third-order valence-corrected chi connectivity index (χ3v) is 2.45. The topological polar surface area (TPSA) is 50.2 Å². The molecule has 0 bridgehead atoms. The summed E-state index contributed by atoms with van der Waals surface area (Å²) in [7, 11) is 0. The van der Waals surface area contributed by atoms with Gasteiger partial charge in [0.05, 0.1) is 17.6 Å². The van der Waals surface area contributed by atoms with Crippen LogP contribution in [0.25, 0.3) is 0 Å². The van der Waals surface area contributed by atoms with Gasteiger partial charge in [-0.1, -0.05) is 11.6 Å². The molecule has 0 aromatic carbocycles. The van der Waals surface area contributed by atoms with E-state index in [1.165, 1.54) is 17.7 Å². The maximum atomic E-state index is 10.1. The minimum atomic E-state index is -0.811. The lowest BCUT2D eigenvalue weighted by Gasteiger charge is -1.91. The van der Waals surface area contributed by atoms with Crippen LogP contribution in [0, 0.1) is 0 Å². The van der Waals surface area contributed by atoms with E-state index in [0.29, 0.717) is 11.4 Å². The van der Waals surface area contributed by atoms with Crippen molar-refractivity contribution in [3.05, 3.63) is 16.1 Å². The number of carbonyl (C=O) groups is 1. The summed E-state index contributed by atoms with van der Waals surface area (Å²) in [5, 5.41) is 8.91. The van der Waals surface area contributed by atoms with Gasteiger partial charge >= 0.3 is 5.97 Å². The second-order valence-corrected chi connectivity index (χ2v) is 3.28. The van der Waals surface area contributed by atoms with Crippen LogP contribution in [0.1, 0.15) is 11.3 Å². The average Bonchev–Trinajstić information content (AvgIpc) is 2.31. The van der Waals surface area contributed by atoms with E-state index in [0.717, 1.165) is 4.88 Å². The number of nitrogens with zero attached hydrogens (tertiary/aromatic N) is 1. The maximum absolute atomic E-state index is 10.1. The standard InChI is InChI=1S/C6H6ClNO2S/c7-4-3-8-11-5(4)1-2-6(9)10/h3H,1-2H2,(H,9,10). The Morgan fingerprint density at radius 3 is 3.00 bits per heavy atom. The number of rotatable bonds is 3.